The van der Waals surface area contributed by atoms with Crippen LogP contribution in [0.1, 0.15) is 29.4 Å². The topological polar surface area (TPSA) is 93.4 Å². The van der Waals surface area contributed by atoms with Gasteiger partial charge in [0.05, 0.1) is 16.9 Å². The molecule has 0 aliphatic carbocycles. The van der Waals surface area contributed by atoms with E-state index in [1.54, 1.807) is 42.0 Å². The van der Waals surface area contributed by atoms with Gasteiger partial charge in [-0.1, -0.05) is 0 Å². The van der Waals surface area contributed by atoms with Crippen molar-refractivity contribution in [2.45, 2.75) is 32.4 Å². The highest BCUT2D eigenvalue weighted by molar-refractivity contribution is 6.12. The molecule has 8 nitrogen and oxygen atoms in total. The van der Waals surface area contributed by atoms with Crippen LogP contribution >= 0.6 is 0 Å². The van der Waals surface area contributed by atoms with E-state index in [9.17, 15) is 9.18 Å². The van der Waals surface area contributed by atoms with Gasteiger partial charge >= 0.3 is 0 Å². The summed E-state index contributed by atoms with van der Waals surface area (Å²) in [6, 6.07) is 5.03. The molecule has 5 rings (SSSR count). The number of nitrogens with one attached hydrogen (secondary N) is 2. The molecule has 0 saturated carbocycles. The summed E-state index contributed by atoms with van der Waals surface area (Å²) in [5.74, 6) is -0.343. The number of amides is 1. The summed E-state index contributed by atoms with van der Waals surface area (Å²) in [5.41, 5.74) is 2.49. The van der Waals surface area contributed by atoms with Gasteiger partial charge in [0.25, 0.3) is 5.91 Å². The van der Waals surface area contributed by atoms with E-state index in [0.717, 1.165) is 13.0 Å². The van der Waals surface area contributed by atoms with E-state index in [2.05, 4.69) is 32.5 Å². The van der Waals surface area contributed by atoms with Crippen molar-refractivity contribution < 1.29 is 13.9 Å². The highest BCUT2D eigenvalue weighted by Gasteiger charge is 2.24. The number of hydrogen-bond donors (Lipinski definition) is 2. The van der Waals surface area contributed by atoms with Crippen molar-refractivity contribution in [3.05, 3.63) is 60.1 Å². The van der Waals surface area contributed by atoms with Crippen molar-refractivity contribution in [1.29, 1.82) is 0 Å². The van der Waals surface area contributed by atoms with E-state index in [1.807, 2.05) is 0 Å². The van der Waals surface area contributed by atoms with E-state index in [0.29, 0.717) is 39.8 Å². The number of pyridine rings is 1. The summed E-state index contributed by atoms with van der Waals surface area (Å²) in [7, 11) is 0. The lowest BCUT2D eigenvalue weighted by Gasteiger charge is -2.15. The van der Waals surface area contributed by atoms with Crippen LogP contribution < -0.4 is 15.4 Å². The van der Waals surface area contributed by atoms with Crippen LogP contribution in [0.15, 0.2) is 43.0 Å². The average molecular weight is 420 g/mol. The van der Waals surface area contributed by atoms with Gasteiger partial charge in [-0.25, -0.2) is 14.4 Å². The van der Waals surface area contributed by atoms with Crippen molar-refractivity contribution in [2.24, 2.45) is 0 Å². The third-order valence-electron chi connectivity index (χ3n) is 5.32. The fourth-order valence-corrected chi connectivity index (χ4v) is 3.92. The third-order valence-corrected chi connectivity index (χ3v) is 5.32. The quantitative estimate of drug-likeness (QED) is 0.527. The van der Waals surface area contributed by atoms with Gasteiger partial charge in [0.2, 0.25) is 0 Å². The van der Waals surface area contributed by atoms with E-state index in [1.165, 1.54) is 12.3 Å². The summed E-state index contributed by atoms with van der Waals surface area (Å²) in [5, 5.41) is 6.10. The molecule has 31 heavy (non-hydrogen) atoms. The number of rotatable bonds is 4. The minimum Gasteiger partial charge on any atom is -0.487 e. The summed E-state index contributed by atoms with van der Waals surface area (Å²) in [6.07, 6.45) is 7.34. The molecular formula is C22H21FN6O2. The minimum absolute atomic E-state index is 0.0354. The molecule has 4 aromatic rings. The summed E-state index contributed by atoms with van der Waals surface area (Å²) in [4.78, 5) is 25.9. The van der Waals surface area contributed by atoms with Gasteiger partial charge in [0.1, 0.15) is 22.9 Å². The van der Waals surface area contributed by atoms with Crippen molar-refractivity contribution in [3.8, 4) is 5.75 Å². The van der Waals surface area contributed by atoms with Crippen LogP contribution in [-0.4, -0.2) is 44.0 Å². The second-order valence-electron chi connectivity index (χ2n) is 7.79. The van der Waals surface area contributed by atoms with Gasteiger partial charge in [-0.15, -0.1) is 0 Å². The molecule has 1 amide bonds. The maximum Gasteiger partial charge on any atom is 0.257 e. The molecule has 4 heterocycles. The number of carbonyl (C=O) groups excluding carboxylic acids is 1. The highest BCUT2D eigenvalue weighted by atomic mass is 19.1. The largest absolute Gasteiger partial charge is 0.487 e. The number of benzene rings is 1. The fraction of sp³-hybridized carbons (Fsp3) is 0.273. The zero-order chi connectivity index (χ0) is 21.5. The van der Waals surface area contributed by atoms with Crippen molar-refractivity contribution in [2.75, 3.05) is 11.9 Å². The molecule has 2 atom stereocenters. The molecule has 158 valence electrons. The van der Waals surface area contributed by atoms with Crippen LogP contribution in [0, 0.1) is 12.7 Å². The number of carbonyl (C=O) groups is 1. The number of anilines is 1. The van der Waals surface area contributed by atoms with E-state index >= 15 is 0 Å². The normalized spacial score (nSPS) is 18.5. The van der Waals surface area contributed by atoms with Crippen LogP contribution in [0.3, 0.4) is 0 Å². The Labute approximate surface area is 177 Å². The predicted molar refractivity (Wildman–Crippen MR) is 114 cm³/mol. The summed E-state index contributed by atoms with van der Waals surface area (Å²) in [6.45, 7) is 4.65. The number of halogens is 1. The minimum atomic E-state index is -0.515. The number of hydrogen-bond acceptors (Lipinski definition) is 6. The molecule has 2 N–H and O–H groups in total. The molecule has 1 aliphatic rings. The standard InChI is InChI=1S/C22H21FN6O2/c1-12-7-15(9-26-12)31-18-4-3-16(19-20(18)25-6-5-24-19)22(30)28-14-8-17(23)21-27-13(2)10-29(21)11-14/h3-6,8,10-12,15,26H,7,9H2,1-2H3,(H,28,30)/t12-,15+/m0/s1. The van der Waals surface area contributed by atoms with Crippen LogP contribution in [0.5, 0.6) is 5.75 Å². The Hall–Kier alpha value is -3.59. The monoisotopic (exact) mass is 420 g/mol. The number of imidazole rings is 1. The zero-order valence-electron chi connectivity index (χ0n) is 17.1. The second-order valence-corrected chi connectivity index (χ2v) is 7.79. The number of aryl methyl sites for hydroxylation is 1. The fourth-order valence-electron chi connectivity index (χ4n) is 3.92. The molecular weight excluding hydrogens is 399 g/mol. The lowest BCUT2D eigenvalue weighted by atomic mass is 10.1. The van der Waals surface area contributed by atoms with E-state index in [-0.39, 0.29) is 11.8 Å². The number of aromatic nitrogens is 4. The molecule has 3 aromatic heterocycles. The molecule has 1 fully saturated rings. The maximum atomic E-state index is 14.4. The van der Waals surface area contributed by atoms with E-state index < -0.39 is 11.7 Å². The number of fused-ring (bicyclic) bond motifs is 2. The maximum absolute atomic E-state index is 14.4. The van der Waals surface area contributed by atoms with Crippen molar-refractivity contribution in [3.63, 3.8) is 0 Å². The van der Waals surface area contributed by atoms with Gasteiger partial charge in [0.15, 0.2) is 11.5 Å². The van der Waals surface area contributed by atoms with Gasteiger partial charge in [-0.2, -0.15) is 0 Å². The van der Waals surface area contributed by atoms with Gasteiger partial charge in [0, 0.05) is 49.9 Å². The van der Waals surface area contributed by atoms with Crippen LogP contribution in [0.25, 0.3) is 16.7 Å². The highest BCUT2D eigenvalue weighted by Crippen LogP contribution is 2.28. The average Bonchev–Trinajstić information content (AvgIpc) is 3.33. The smallest absolute Gasteiger partial charge is 0.257 e. The summed E-state index contributed by atoms with van der Waals surface area (Å²) >= 11 is 0. The number of ether oxygens (including phenoxy) is 1. The molecule has 1 aromatic carbocycles. The molecule has 9 heteroatoms. The predicted octanol–water partition coefficient (Wildman–Crippen LogP) is 3.11. The summed E-state index contributed by atoms with van der Waals surface area (Å²) < 4.78 is 22.0. The lowest BCUT2D eigenvalue weighted by molar-refractivity contribution is 0.102. The van der Waals surface area contributed by atoms with E-state index in [4.69, 9.17) is 4.74 Å². The Morgan fingerprint density at radius 2 is 2.06 bits per heavy atom. The molecule has 1 saturated heterocycles. The van der Waals surface area contributed by atoms with Gasteiger partial charge in [-0.05, 0) is 26.0 Å². The van der Waals surface area contributed by atoms with Gasteiger partial charge < -0.3 is 19.8 Å². The van der Waals surface area contributed by atoms with Crippen LogP contribution in [0.2, 0.25) is 0 Å². The first kappa shape index (κ1) is 19.4. The first-order valence-electron chi connectivity index (χ1n) is 10.1. The first-order chi connectivity index (χ1) is 15.0. The third kappa shape index (κ3) is 3.68. The SMILES string of the molecule is Cc1cn2cc(NC(=O)c3ccc(O[C@H]4CN[C@@H](C)C4)c4nccnc34)cc(F)c2n1. The molecule has 0 unspecified atom stereocenters. The van der Waals surface area contributed by atoms with Gasteiger partial charge in [-0.3, -0.25) is 9.78 Å². The Morgan fingerprint density at radius 1 is 1.26 bits per heavy atom. The Bertz CT molecular complexity index is 1300. The van der Waals surface area contributed by atoms with Crippen molar-refractivity contribution in [1.82, 2.24) is 24.7 Å². The number of nitrogens with zero attached hydrogens (tertiary/aromatic N) is 4. The Morgan fingerprint density at radius 3 is 2.84 bits per heavy atom. The zero-order valence-corrected chi connectivity index (χ0v) is 17.1. The Kier molecular flexibility index (Phi) is 4.74. The van der Waals surface area contributed by atoms with Crippen molar-refractivity contribution >= 4 is 28.3 Å². The lowest BCUT2D eigenvalue weighted by Crippen LogP contribution is -2.21. The first-order valence-corrected chi connectivity index (χ1v) is 10.1. The second kappa shape index (κ2) is 7.59. The molecule has 0 spiro atoms. The van der Waals surface area contributed by atoms with Crippen LogP contribution in [-0.2, 0) is 0 Å². The molecule has 0 radical (unpaired) electrons. The molecule has 1 aliphatic heterocycles. The molecule has 0 bridgehead atoms. The Balaban J connectivity index is 1.46. The van der Waals surface area contributed by atoms with Crippen LogP contribution in [0.4, 0.5) is 10.1 Å².